The summed E-state index contributed by atoms with van der Waals surface area (Å²) in [5.74, 6) is 2.02. The second-order valence-electron chi connectivity index (χ2n) is 7.26. The maximum Gasteiger partial charge on any atom is 0.161 e. The van der Waals surface area contributed by atoms with Crippen LogP contribution in [0.3, 0.4) is 0 Å². The fourth-order valence-electron chi connectivity index (χ4n) is 3.65. The SMILES string of the molecule is C=CCc1ccc(OCCCn2c(-c3ccc(F)cc3)nc3ccccc32)c(OC)c1. The number of para-hydroxylation sites is 2. The zero-order valence-electron chi connectivity index (χ0n) is 17.6. The maximum atomic E-state index is 13.4. The molecule has 0 saturated carbocycles. The van der Waals surface area contributed by atoms with Crippen LogP contribution in [0.1, 0.15) is 12.0 Å². The first-order chi connectivity index (χ1) is 15.2. The minimum atomic E-state index is -0.257. The molecule has 5 heteroatoms. The van der Waals surface area contributed by atoms with Crippen molar-refractivity contribution >= 4 is 11.0 Å². The third-order valence-corrected chi connectivity index (χ3v) is 5.15. The molecule has 0 unspecified atom stereocenters. The Morgan fingerprint density at radius 1 is 1.03 bits per heavy atom. The first-order valence-corrected chi connectivity index (χ1v) is 10.3. The van der Waals surface area contributed by atoms with Crippen LogP contribution in [-0.2, 0) is 13.0 Å². The third kappa shape index (κ3) is 4.61. The molecule has 0 amide bonds. The number of hydrogen-bond donors (Lipinski definition) is 0. The molecule has 0 spiro atoms. The minimum Gasteiger partial charge on any atom is -0.493 e. The predicted octanol–water partition coefficient (Wildman–Crippen LogP) is 6.05. The molecule has 4 rings (SSSR count). The van der Waals surface area contributed by atoms with Crippen LogP contribution in [0.5, 0.6) is 11.5 Å². The van der Waals surface area contributed by atoms with Crippen molar-refractivity contribution in [3.63, 3.8) is 0 Å². The molecule has 0 fully saturated rings. The molecule has 31 heavy (non-hydrogen) atoms. The summed E-state index contributed by atoms with van der Waals surface area (Å²) >= 11 is 0. The molecule has 0 N–H and O–H groups in total. The fourth-order valence-corrected chi connectivity index (χ4v) is 3.65. The largest absolute Gasteiger partial charge is 0.493 e. The van der Waals surface area contributed by atoms with E-state index in [0.717, 1.165) is 58.9 Å². The van der Waals surface area contributed by atoms with Gasteiger partial charge < -0.3 is 14.0 Å². The fraction of sp³-hybridized carbons (Fsp3) is 0.192. The number of allylic oxidation sites excluding steroid dienone is 1. The first-order valence-electron chi connectivity index (χ1n) is 10.3. The molecule has 3 aromatic carbocycles. The van der Waals surface area contributed by atoms with Gasteiger partial charge in [-0.2, -0.15) is 0 Å². The van der Waals surface area contributed by atoms with Crippen molar-refractivity contribution in [2.45, 2.75) is 19.4 Å². The number of ether oxygens (including phenoxy) is 2. The molecule has 0 saturated heterocycles. The van der Waals surface area contributed by atoms with Crippen LogP contribution in [0.15, 0.2) is 79.4 Å². The Labute approximate surface area is 181 Å². The van der Waals surface area contributed by atoms with Crippen molar-refractivity contribution < 1.29 is 13.9 Å². The van der Waals surface area contributed by atoms with Gasteiger partial charge in [0.05, 0.1) is 24.8 Å². The van der Waals surface area contributed by atoms with Gasteiger partial charge in [0, 0.05) is 12.1 Å². The van der Waals surface area contributed by atoms with E-state index in [4.69, 9.17) is 14.5 Å². The van der Waals surface area contributed by atoms with E-state index in [1.165, 1.54) is 12.1 Å². The molecule has 0 bridgehead atoms. The number of aryl methyl sites for hydroxylation is 1. The maximum absolute atomic E-state index is 13.4. The van der Waals surface area contributed by atoms with Crippen molar-refractivity contribution in [2.75, 3.05) is 13.7 Å². The summed E-state index contributed by atoms with van der Waals surface area (Å²) in [7, 11) is 1.65. The molecule has 158 valence electrons. The number of nitrogens with zero attached hydrogens (tertiary/aromatic N) is 2. The van der Waals surface area contributed by atoms with Crippen molar-refractivity contribution in [3.05, 3.63) is 90.8 Å². The van der Waals surface area contributed by atoms with E-state index < -0.39 is 0 Å². The Balaban J connectivity index is 1.50. The summed E-state index contributed by atoms with van der Waals surface area (Å²) in [6.07, 6.45) is 3.44. The summed E-state index contributed by atoms with van der Waals surface area (Å²) in [6, 6.07) is 20.4. The zero-order chi connectivity index (χ0) is 21.6. The van der Waals surface area contributed by atoms with Crippen molar-refractivity contribution in [1.82, 2.24) is 9.55 Å². The lowest BCUT2D eigenvalue weighted by atomic mass is 10.1. The predicted molar refractivity (Wildman–Crippen MR) is 122 cm³/mol. The first kappa shape index (κ1) is 20.7. The number of benzene rings is 3. The van der Waals surface area contributed by atoms with Crippen LogP contribution in [0.25, 0.3) is 22.4 Å². The van der Waals surface area contributed by atoms with Crippen LogP contribution in [-0.4, -0.2) is 23.3 Å². The van der Waals surface area contributed by atoms with Crippen LogP contribution >= 0.6 is 0 Å². The summed E-state index contributed by atoms with van der Waals surface area (Å²) < 4.78 is 27.0. The molecule has 0 aliphatic rings. The molecular weight excluding hydrogens is 391 g/mol. The number of hydrogen-bond acceptors (Lipinski definition) is 3. The third-order valence-electron chi connectivity index (χ3n) is 5.15. The number of rotatable bonds is 9. The quantitative estimate of drug-likeness (QED) is 0.246. The highest BCUT2D eigenvalue weighted by Crippen LogP contribution is 2.29. The monoisotopic (exact) mass is 416 g/mol. The summed E-state index contributed by atoms with van der Waals surface area (Å²) in [6.45, 7) is 5.04. The van der Waals surface area contributed by atoms with E-state index in [9.17, 15) is 4.39 Å². The highest BCUT2D eigenvalue weighted by atomic mass is 19.1. The van der Waals surface area contributed by atoms with Gasteiger partial charge in [0.1, 0.15) is 11.6 Å². The molecule has 0 atom stereocenters. The van der Waals surface area contributed by atoms with Crippen LogP contribution in [0, 0.1) is 5.82 Å². The van der Waals surface area contributed by atoms with Gasteiger partial charge in [-0.15, -0.1) is 6.58 Å². The number of fused-ring (bicyclic) bond motifs is 1. The average molecular weight is 416 g/mol. The number of aromatic nitrogens is 2. The standard InChI is InChI=1S/C26H25FN2O2/c1-3-7-19-10-15-24(25(18-19)30-2)31-17-6-16-29-23-9-5-4-8-22(23)28-26(29)20-11-13-21(27)14-12-20/h3-5,8-15,18H,1,6-7,16-17H2,2H3. The number of halogens is 1. The van der Waals surface area contributed by atoms with Gasteiger partial charge in [0.15, 0.2) is 11.5 Å². The molecule has 0 aliphatic carbocycles. The molecule has 0 radical (unpaired) electrons. The van der Waals surface area contributed by atoms with Crippen molar-refractivity contribution in [1.29, 1.82) is 0 Å². The van der Waals surface area contributed by atoms with Crippen LogP contribution in [0.4, 0.5) is 4.39 Å². The van der Waals surface area contributed by atoms with Crippen LogP contribution < -0.4 is 9.47 Å². The van der Waals surface area contributed by atoms with Gasteiger partial charge >= 0.3 is 0 Å². The summed E-state index contributed by atoms with van der Waals surface area (Å²) in [5, 5.41) is 0. The normalized spacial score (nSPS) is 10.9. The number of imidazole rings is 1. The van der Waals surface area contributed by atoms with Gasteiger partial charge in [-0.1, -0.05) is 24.3 Å². The second-order valence-corrected chi connectivity index (χ2v) is 7.26. The summed E-state index contributed by atoms with van der Waals surface area (Å²) in [4.78, 5) is 4.78. The second kappa shape index (κ2) is 9.47. The summed E-state index contributed by atoms with van der Waals surface area (Å²) in [5.41, 5.74) is 3.99. The van der Waals surface area contributed by atoms with Crippen LogP contribution in [0.2, 0.25) is 0 Å². The van der Waals surface area contributed by atoms with Crippen molar-refractivity contribution in [3.8, 4) is 22.9 Å². The Bertz CT molecular complexity index is 1180. The van der Waals surface area contributed by atoms with Gasteiger partial charge in [-0.25, -0.2) is 9.37 Å². The molecule has 1 aromatic heterocycles. The van der Waals surface area contributed by atoms with E-state index in [-0.39, 0.29) is 5.82 Å². The lowest BCUT2D eigenvalue weighted by Gasteiger charge is -2.13. The minimum absolute atomic E-state index is 0.257. The van der Waals surface area contributed by atoms with Gasteiger partial charge in [-0.3, -0.25) is 0 Å². The Morgan fingerprint density at radius 3 is 2.61 bits per heavy atom. The Morgan fingerprint density at radius 2 is 1.84 bits per heavy atom. The van der Waals surface area contributed by atoms with Crippen molar-refractivity contribution in [2.24, 2.45) is 0 Å². The molecular formula is C26H25FN2O2. The zero-order valence-corrected chi connectivity index (χ0v) is 17.6. The van der Waals surface area contributed by atoms with E-state index in [1.807, 2.05) is 42.5 Å². The molecule has 4 nitrogen and oxygen atoms in total. The molecule has 0 aliphatic heterocycles. The lowest BCUT2D eigenvalue weighted by Crippen LogP contribution is -2.07. The van der Waals surface area contributed by atoms with Gasteiger partial charge in [0.2, 0.25) is 0 Å². The molecule has 1 heterocycles. The van der Waals surface area contributed by atoms with E-state index in [1.54, 1.807) is 19.2 Å². The van der Waals surface area contributed by atoms with Gasteiger partial charge in [0.25, 0.3) is 0 Å². The average Bonchev–Trinajstić information content (AvgIpc) is 3.16. The van der Waals surface area contributed by atoms with E-state index in [2.05, 4.69) is 17.2 Å². The van der Waals surface area contributed by atoms with E-state index in [0.29, 0.717) is 6.61 Å². The Hall–Kier alpha value is -3.60. The highest BCUT2D eigenvalue weighted by molar-refractivity contribution is 5.80. The smallest absolute Gasteiger partial charge is 0.161 e. The molecule has 4 aromatic rings. The van der Waals surface area contributed by atoms with Gasteiger partial charge in [-0.05, 0) is 66.9 Å². The topological polar surface area (TPSA) is 36.3 Å². The Kier molecular flexibility index (Phi) is 6.32. The van der Waals surface area contributed by atoms with E-state index >= 15 is 0 Å². The lowest BCUT2D eigenvalue weighted by molar-refractivity contribution is 0.283. The number of methoxy groups -OCH3 is 1. The highest BCUT2D eigenvalue weighted by Gasteiger charge is 2.13.